The lowest BCUT2D eigenvalue weighted by molar-refractivity contribution is -0.121. The average molecular weight is 679 g/mol. The van der Waals surface area contributed by atoms with E-state index in [0.29, 0.717) is 42.7 Å². The summed E-state index contributed by atoms with van der Waals surface area (Å²) in [6.45, 7) is 3.34. The molecule has 0 saturated carbocycles. The highest BCUT2D eigenvalue weighted by atomic mass is 16.6. The van der Waals surface area contributed by atoms with E-state index in [1.54, 1.807) is 12.1 Å². The summed E-state index contributed by atoms with van der Waals surface area (Å²) in [6, 6.07) is 15.4. The summed E-state index contributed by atoms with van der Waals surface area (Å²) in [5, 5.41) is 5.75. The van der Waals surface area contributed by atoms with E-state index in [9.17, 15) is 14.4 Å². The van der Waals surface area contributed by atoms with Gasteiger partial charge in [0.1, 0.15) is 17.1 Å². The molecule has 2 aromatic carbocycles. The van der Waals surface area contributed by atoms with Crippen LogP contribution in [0.2, 0.25) is 0 Å². The molecular weight excluding hydrogens is 628 g/mol. The molecule has 0 radical (unpaired) electrons. The van der Waals surface area contributed by atoms with Crippen LogP contribution in [0.25, 0.3) is 22.3 Å². The Hall–Kier alpha value is -5.21. The molecule has 0 spiro atoms. The Morgan fingerprint density at radius 3 is 1.90 bits per heavy atom. The van der Waals surface area contributed by atoms with Crippen molar-refractivity contribution < 1.29 is 23.5 Å². The molecule has 8 nitrogen and oxygen atoms in total. The minimum atomic E-state index is -0.666. The third-order valence-corrected chi connectivity index (χ3v) is 7.19. The normalized spacial score (nSPS) is 12.1. The number of carbonyl (C=O) groups is 2. The number of amides is 2. The lowest BCUT2D eigenvalue weighted by Crippen LogP contribution is -2.31. The quantitative estimate of drug-likeness (QED) is 0.0811. The van der Waals surface area contributed by atoms with Gasteiger partial charge >= 0.3 is 6.09 Å². The van der Waals surface area contributed by atoms with E-state index in [0.717, 1.165) is 44.1 Å². The lowest BCUT2D eigenvalue weighted by atomic mass is 10.1. The summed E-state index contributed by atoms with van der Waals surface area (Å²) in [4.78, 5) is 36.9. The van der Waals surface area contributed by atoms with E-state index in [2.05, 4.69) is 84.4 Å². The summed E-state index contributed by atoms with van der Waals surface area (Å²) >= 11 is 0. The molecule has 264 valence electrons. The van der Waals surface area contributed by atoms with E-state index in [-0.39, 0.29) is 30.2 Å². The summed E-state index contributed by atoms with van der Waals surface area (Å²) in [7, 11) is 0. The van der Waals surface area contributed by atoms with Gasteiger partial charge in [-0.05, 0) is 63.1 Å². The molecule has 0 fully saturated rings. The minimum Gasteiger partial charge on any atom is -0.456 e. The molecule has 0 aliphatic carbocycles. The second-order valence-corrected chi connectivity index (χ2v) is 11.2. The number of hydrogen-bond donors (Lipinski definition) is 2. The van der Waals surface area contributed by atoms with Crippen LogP contribution in [0.1, 0.15) is 58.3 Å². The van der Waals surface area contributed by atoms with E-state index in [4.69, 9.17) is 13.9 Å². The van der Waals surface area contributed by atoms with E-state index in [1.165, 1.54) is 12.1 Å². The van der Waals surface area contributed by atoms with Gasteiger partial charge in [-0.25, -0.2) is 4.79 Å². The second-order valence-electron chi connectivity index (χ2n) is 11.2. The zero-order valence-electron chi connectivity index (χ0n) is 29.1. The standard InChI is InChI=1S/C42H50N2O6/c1-2-3-4-5-6-7-8-9-10-11-12-13-14-15-16-17-18-19-23-26-41(46)43-29-31-48-32-30-44-42(47)49-36-27-28-39-37(33-36)38(45)34-40(50-39)35-24-21-20-22-25-35/h3-4,6-7,9-10,12-13,15-16,18-22,24-25,27-28,33-34H,2,5,8,11,14,17,23,26,29-32H2,1H3,(H,43,46)(H,44,47). The maximum atomic E-state index is 12.7. The maximum absolute atomic E-state index is 12.7. The maximum Gasteiger partial charge on any atom is 0.412 e. The monoisotopic (exact) mass is 678 g/mol. The van der Waals surface area contributed by atoms with Gasteiger partial charge in [-0.2, -0.15) is 0 Å². The largest absolute Gasteiger partial charge is 0.456 e. The van der Waals surface area contributed by atoms with Gasteiger partial charge in [-0.1, -0.05) is 110 Å². The van der Waals surface area contributed by atoms with Gasteiger partial charge in [0.15, 0.2) is 5.43 Å². The van der Waals surface area contributed by atoms with Crippen molar-refractivity contribution in [1.82, 2.24) is 10.6 Å². The molecule has 1 heterocycles. The number of benzene rings is 2. The fraction of sp³-hybridized carbons (Fsp3) is 0.310. The molecule has 1 aromatic heterocycles. The zero-order valence-corrected chi connectivity index (χ0v) is 29.1. The smallest absolute Gasteiger partial charge is 0.412 e. The predicted molar refractivity (Wildman–Crippen MR) is 203 cm³/mol. The molecule has 2 N–H and O–H groups in total. The van der Waals surface area contributed by atoms with Crippen molar-refractivity contribution in [3.05, 3.63) is 138 Å². The van der Waals surface area contributed by atoms with Crippen LogP contribution in [0.4, 0.5) is 4.79 Å². The number of hydrogen-bond acceptors (Lipinski definition) is 6. The molecule has 8 heteroatoms. The number of nitrogens with one attached hydrogen (secondary N) is 2. The molecule has 2 amide bonds. The van der Waals surface area contributed by atoms with Crippen molar-refractivity contribution in [2.24, 2.45) is 0 Å². The Bertz CT molecular complexity index is 1680. The molecule has 0 unspecified atom stereocenters. The van der Waals surface area contributed by atoms with Gasteiger partial charge in [0.25, 0.3) is 0 Å². The molecule has 0 saturated heterocycles. The van der Waals surface area contributed by atoms with Crippen molar-refractivity contribution in [3.63, 3.8) is 0 Å². The highest BCUT2D eigenvalue weighted by molar-refractivity contribution is 5.81. The lowest BCUT2D eigenvalue weighted by Gasteiger charge is -2.09. The topological polar surface area (TPSA) is 107 Å². The fourth-order valence-electron chi connectivity index (χ4n) is 4.62. The first kappa shape index (κ1) is 39.2. The van der Waals surface area contributed by atoms with Crippen molar-refractivity contribution in [2.45, 2.75) is 58.3 Å². The van der Waals surface area contributed by atoms with Crippen LogP contribution in [0.5, 0.6) is 5.75 Å². The molecular formula is C42H50N2O6. The number of allylic oxidation sites excluding steroid dienone is 12. The van der Waals surface area contributed by atoms with Crippen LogP contribution in [0.15, 0.2) is 137 Å². The molecule has 0 aliphatic rings. The van der Waals surface area contributed by atoms with Gasteiger partial charge in [0, 0.05) is 31.1 Å². The summed E-state index contributed by atoms with van der Waals surface area (Å²) in [5.74, 6) is 0.660. The second kappa shape index (κ2) is 24.9. The number of carbonyl (C=O) groups excluding carboxylic acids is 2. The first-order valence-corrected chi connectivity index (χ1v) is 17.4. The highest BCUT2D eigenvalue weighted by Crippen LogP contribution is 2.24. The van der Waals surface area contributed by atoms with Crippen LogP contribution >= 0.6 is 0 Å². The number of fused-ring (bicyclic) bond motifs is 1. The van der Waals surface area contributed by atoms with E-state index in [1.807, 2.05) is 36.4 Å². The molecule has 50 heavy (non-hydrogen) atoms. The third kappa shape index (κ3) is 16.8. The van der Waals surface area contributed by atoms with Crippen LogP contribution < -0.4 is 20.8 Å². The Labute approximate surface area is 296 Å². The van der Waals surface area contributed by atoms with Crippen molar-refractivity contribution in [1.29, 1.82) is 0 Å². The van der Waals surface area contributed by atoms with Crippen molar-refractivity contribution in [3.8, 4) is 17.1 Å². The van der Waals surface area contributed by atoms with Crippen molar-refractivity contribution >= 4 is 23.0 Å². The Kier molecular flexibility index (Phi) is 19.5. The number of rotatable bonds is 22. The summed E-state index contributed by atoms with van der Waals surface area (Å²) < 4.78 is 16.7. The van der Waals surface area contributed by atoms with E-state index >= 15 is 0 Å². The van der Waals surface area contributed by atoms with Crippen LogP contribution in [-0.2, 0) is 9.53 Å². The van der Waals surface area contributed by atoms with Gasteiger partial charge < -0.3 is 24.5 Å². The van der Waals surface area contributed by atoms with Gasteiger partial charge in [0.2, 0.25) is 5.91 Å². The predicted octanol–water partition coefficient (Wildman–Crippen LogP) is 9.16. The molecule has 0 aliphatic heterocycles. The van der Waals surface area contributed by atoms with Gasteiger partial charge in [0.05, 0.1) is 18.6 Å². The van der Waals surface area contributed by atoms with Crippen LogP contribution in [-0.4, -0.2) is 38.3 Å². The molecule has 3 aromatic rings. The highest BCUT2D eigenvalue weighted by Gasteiger charge is 2.10. The van der Waals surface area contributed by atoms with Crippen LogP contribution in [0.3, 0.4) is 0 Å². The first-order chi connectivity index (χ1) is 24.6. The van der Waals surface area contributed by atoms with Crippen LogP contribution in [0, 0.1) is 0 Å². The van der Waals surface area contributed by atoms with Crippen molar-refractivity contribution in [2.75, 3.05) is 26.3 Å². The number of ether oxygens (including phenoxy) is 2. The summed E-state index contributed by atoms with van der Waals surface area (Å²) in [5.41, 5.74) is 0.969. The minimum absolute atomic E-state index is 0.0319. The first-order valence-electron chi connectivity index (χ1n) is 17.4. The van der Waals surface area contributed by atoms with E-state index < -0.39 is 6.09 Å². The summed E-state index contributed by atoms with van der Waals surface area (Å²) in [6.07, 6.45) is 32.1. The zero-order chi connectivity index (χ0) is 35.5. The molecule has 0 bridgehead atoms. The molecule has 3 rings (SSSR count). The van der Waals surface area contributed by atoms with Gasteiger partial charge in [-0.3, -0.25) is 9.59 Å². The Morgan fingerprint density at radius 2 is 1.28 bits per heavy atom. The van der Waals surface area contributed by atoms with Gasteiger partial charge in [-0.15, -0.1) is 0 Å². The average Bonchev–Trinajstić information content (AvgIpc) is 3.12. The third-order valence-electron chi connectivity index (χ3n) is 7.19. The Morgan fingerprint density at radius 1 is 0.700 bits per heavy atom. The Balaban J connectivity index is 1.16. The fourth-order valence-corrected chi connectivity index (χ4v) is 4.62. The SMILES string of the molecule is CCC=CCC=CCC=CCC=CCC=CCC=CCCC(=O)NCCOCCNC(=O)Oc1ccc2oc(-c3ccccc3)cc(=O)c2c1. The molecule has 0 atom stereocenters.